The number of carboxylic acids is 1. The molecule has 2 rings (SSSR count). The van der Waals surface area contributed by atoms with Crippen molar-refractivity contribution in [3.63, 3.8) is 0 Å². The van der Waals surface area contributed by atoms with E-state index in [2.05, 4.69) is 26.1 Å². The molecule has 0 fully saturated rings. The topological polar surface area (TPSA) is 68.0 Å². The average Bonchev–Trinajstić information content (AvgIpc) is 2.83. The number of thioether (sulfide) groups is 1. The number of aliphatic carboxylic acids is 1. The highest BCUT2D eigenvalue weighted by Gasteiger charge is 2.15. The molecule has 2 aromatic rings. The lowest BCUT2D eigenvalue weighted by atomic mass is 10.2. The van der Waals surface area contributed by atoms with Gasteiger partial charge in [0.25, 0.3) is 0 Å². The molecule has 0 aliphatic rings. The fourth-order valence-electron chi connectivity index (χ4n) is 1.80. The van der Waals surface area contributed by atoms with E-state index < -0.39 is 5.97 Å². The van der Waals surface area contributed by atoms with Gasteiger partial charge in [-0.05, 0) is 40.5 Å². The van der Waals surface area contributed by atoms with E-state index in [1.54, 1.807) is 6.07 Å². The molecule has 21 heavy (non-hydrogen) atoms. The average molecular weight is 391 g/mol. The molecule has 8 heteroatoms. The van der Waals surface area contributed by atoms with Crippen LogP contribution in [0.25, 0.3) is 11.4 Å². The number of aromatic nitrogens is 3. The van der Waals surface area contributed by atoms with Crippen LogP contribution in [0, 0.1) is 0 Å². The summed E-state index contributed by atoms with van der Waals surface area (Å²) in [5.74, 6) is -0.199. The number of rotatable bonds is 6. The van der Waals surface area contributed by atoms with Crippen LogP contribution in [0.5, 0.6) is 0 Å². The zero-order valence-electron chi connectivity index (χ0n) is 11.2. The number of carbonyl (C=O) groups is 1. The maximum atomic E-state index is 10.7. The zero-order chi connectivity index (χ0) is 15.4. The van der Waals surface area contributed by atoms with Gasteiger partial charge in [0, 0.05) is 16.6 Å². The summed E-state index contributed by atoms with van der Waals surface area (Å²) in [6, 6.07) is 5.54. The third-order valence-corrected chi connectivity index (χ3v) is 4.83. The summed E-state index contributed by atoms with van der Waals surface area (Å²) in [7, 11) is 0. The van der Waals surface area contributed by atoms with Gasteiger partial charge in [-0.25, -0.2) is 0 Å². The fourth-order valence-corrected chi connectivity index (χ4v) is 2.98. The molecule has 5 nitrogen and oxygen atoms in total. The van der Waals surface area contributed by atoms with E-state index in [-0.39, 0.29) is 5.75 Å². The van der Waals surface area contributed by atoms with Gasteiger partial charge in [-0.3, -0.25) is 4.79 Å². The van der Waals surface area contributed by atoms with E-state index in [4.69, 9.17) is 16.7 Å². The molecule has 0 saturated carbocycles. The highest BCUT2D eigenvalue weighted by atomic mass is 79.9. The van der Waals surface area contributed by atoms with Gasteiger partial charge in [-0.2, -0.15) is 0 Å². The summed E-state index contributed by atoms with van der Waals surface area (Å²) in [6.07, 6.45) is 0.903. The van der Waals surface area contributed by atoms with Gasteiger partial charge in [0.15, 0.2) is 11.0 Å². The van der Waals surface area contributed by atoms with Crippen LogP contribution in [-0.4, -0.2) is 31.6 Å². The minimum atomic E-state index is -0.873. The summed E-state index contributed by atoms with van der Waals surface area (Å²) >= 11 is 10.6. The Morgan fingerprint density at radius 1 is 1.48 bits per heavy atom. The third-order valence-electron chi connectivity index (χ3n) is 2.67. The van der Waals surface area contributed by atoms with Crippen LogP contribution in [0.3, 0.4) is 0 Å². The first-order valence-corrected chi connectivity index (χ1v) is 8.41. The maximum absolute atomic E-state index is 10.7. The summed E-state index contributed by atoms with van der Waals surface area (Å²) in [4.78, 5) is 10.7. The number of carboxylic acid groups (broad SMARTS) is 1. The Morgan fingerprint density at radius 3 is 2.86 bits per heavy atom. The maximum Gasteiger partial charge on any atom is 0.313 e. The first kappa shape index (κ1) is 16.3. The van der Waals surface area contributed by atoms with Crippen LogP contribution in [0.15, 0.2) is 27.8 Å². The zero-order valence-corrected chi connectivity index (χ0v) is 14.4. The van der Waals surface area contributed by atoms with Crippen molar-refractivity contribution in [1.82, 2.24) is 14.8 Å². The normalized spacial score (nSPS) is 10.8. The minimum Gasteiger partial charge on any atom is -0.481 e. The quantitative estimate of drug-likeness (QED) is 0.756. The van der Waals surface area contributed by atoms with Crippen LogP contribution in [0.2, 0.25) is 5.02 Å². The second-order valence-electron chi connectivity index (χ2n) is 4.27. The second kappa shape index (κ2) is 7.29. The van der Waals surface area contributed by atoms with Gasteiger partial charge in [0.05, 0.1) is 10.8 Å². The Kier molecular flexibility index (Phi) is 5.66. The molecule has 1 aromatic heterocycles. The van der Waals surface area contributed by atoms with Gasteiger partial charge in [0.2, 0.25) is 0 Å². The van der Waals surface area contributed by atoms with Crippen molar-refractivity contribution < 1.29 is 9.90 Å². The number of benzene rings is 1. The Balaban J connectivity index is 2.38. The van der Waals surface area contributed by atoms with Gasteiger partial charge >= 0.3 is 5.97 Å². The molecule has 0 amide bonds. The number of nitrogens with zero attached hydrogens (tertiary/aromatic N) is 3. The highest BCUT2D eigenvalue weighted by Crippen LogP contribution is 2.30. The first-order chi connectivity index (χ1) is 10.0. The molecule has 1 heterocycles. The Morgan fingerprint density at radius 2 is 2.24 bits per heavy atom. The van der Waals surface area contributed by atoms with E-state index >= 15 is 0 Å². The van der Waals surface area contributed by atoms with Crippen LogP contribution >= 0.6 is 39.3 Å². The van der Waals surface area contributed by atoms with E-state index in [1.807, 2.05) is 23.6 Å². The van der Waals surface area contributed by atoms with Crippen molar-refractivity contribution in [3.05, 3.63) is 27.7 Å². The molecule has 0 spiro atoms. The van der Waals surface area contributed by atoms with Crippen molar-refractivity contribution in [3.8, 4) is 11.4 Å². The molecule has 0 aliphatic heterocycles. The molecule has 0 bridgehead atoms. The molecule has 0 atom stereocenters. The van der Waals surface area contributed by atoms with Crippen molar-refractivity contribution in [1.29, 1.82) is 0 Å². The van der Waals surface area contributed by atoms with Crippen LogP contribution < -0.4 is 0 Å². The minimum absolute atomic E-state index is 0.0356. The smallest absolute Gasteiger partial charge is 0.313 e. The van der Waals surface area contributed by atoms with E-state index in [0.29, 0.717) is 16.0 Å². The third kappa shape index (κ3) is 3.99. The summed E-state index contributed by atoms with van der Waals surface area (Å²) in [5.41, 5.74) is 0.884. The van der Waals surface area contributed by atoms with Crippen LogP contribution in [0.1, 0.15) is 13.3 Å². The molecular weight excluding hydrogens is 378 g/mol. The van der Waals surface area contributed by atoms with Crippen molar-refractivity contribution >= 4 is 45.3 Å². The summed E-state index contributed by atoms with van der Waals surface area (Å²) in [5, 5.41) is 18.3. The monoisotopic (exact) mass is 389 g/mol. The molecule has 1 aromatic carbocycles. The van der Waals surface area contributed by atoms with Crippen molar-refractivity contribution in [2.45, 2.75) is 25.0 Å². The summed E-state index contributed by atoms with van der Waals surface area (Å²) in [6.45, 7) is 2.78. The molecule has 0 saturated heterocycles. The predicted octanol–water partition coefficient (Wildman–Crippen LogP) is 3.95. The van der Waals surface area contributed by atoms with Crippen molar-refractivity contribution in [2.75, 3.05) is 5.75 Å². The second-order valence-corrected chi connectivity index (χ2v) is 6.47. The lowest BCUT2D eigenvalue weighted by molar-refractivity contribution is -0.133. The van der Waals surface area contributed by atoms with Gasteiger partial charge in [-0.15, -0.1) is 10.2 Å². The Bertz CT molecular complexity index is 663. The van der Waals surface area contributed by atoms with Gasteiger partial charge in [-0.1, -0.05) is 30.3 Å². The highest BCUT2D eigenvalue weighted by molar-refractivity contribution is 9.10. The molecule has 0 radical (unpaired) electrons. The Hall–Kier alpha value is -1.05. The number of halogens is 2. The largest absolute Gasteiger partial charge is 0.481 e. The van der Waals surface area contributed by atoms with Crippen LogP contribution in [-0.2, 0) is 11.3 Å². The fraction of sp³-hybridized carbons (Fsp3) is 0.308. The van der Waals surface area contributed by atoms with E-state index in [9.17, 15) is 4.79 Å². The lowest BCUT2D eigenvalue weighted by Gasteiger charge is -2.09. The predicted molar refractivity (Wildman–Crippen MR) is 86.8 cm³/mol. The molecule has 0 unspecified atom stereocenters. The first-order valence-electron chi connectivity index (χ1n) is 6.26. The van der Waals surface area contributed by atoms with Crippen molar-refractivity contribution in [2.24, 2.45) is 0 Å². The summed E-state index contributed by atoms with van der Waals surface area (Å²) < 4.78 is 2.72. The van der Waals surface area contributed by atoms with Gasteiger partial charge < -0.3 is 9.67 Å². The molecule has 112 valence electrons. The molecule has 0 aliphatic carbocycles. The van der Waals surface area contributed by atoms with E-state index in [1.165, 1.54) is 11.8 Å². The molecular formula is C13H13BrClN3O2S. The standard InChI is InChI=1S/C13H13BrClN3O2S/c1-2-5-18-12(8-3-4-10(15)9(14)6-8)16-17-13(18)21-7-11(19)20/h3-4,6H,2,5,7H2,1H3,(H,19,20). The Labute approximate surface area is 139 Å². The van der Waals surface area contributed by atoms with Gasteiger partial charge in [0.1, 0.15) is 0 Å². The molecule has 1 N–H and O–H groups in total. The number of hydrogen-bond acceptors (Lipinski definition) is 4. The van der Waals surface area contributed by atoms with Crippen LogP contribution in [0.4, 0.5) is 0 Å². The lowest BCUT2D eigenvalue weighted by Crippen LogP contribution is -2.04. The number of hydrogen-bond donors (Lipinski definition) is 1. The SMILES string of the molecule is CCCn1c(SCC(=O)O)nnc1-c1ccc(Cl)c(Br)c1. The van der Waals surface area contributed by atoms with E-state index in [0.717, 1.165) is 23.0 Å².